The SMILES string of the molecule is C=C/C(F)=C(/CNc1nc(C)c(-c2nc3c(C4CC4)nccc3s2)c(NC2CCC(CC#N)C2)n1)C(=C)F. The lowest BCUT2D eigenvalue weighted by atomic mass is 10.1. The van der Waals surface area contributed by atoms with Gasteiger partial charge >= 0.3 is 0 Å². The lowest BCUT2D eigenvalue weighted by Crippen LogP contribution is -2.19. The van der Waals surface area contributed by atoms with E-state index in [0.29, 0.717) is 29.8 Å². The zero-order chi connectivity index (χ0) is 26.8. The summed E-state index contributed by atoms with van der Waals surface area (Å²) in [5.41, 5.74) is 3.21. The number of rotatable bonds is 10. The molecule has 0 aliphatic heterocycles. The standard InChI is InChI=1S/C28H29F2N7S/c1-4-21(30)20(15(2)29)14-33-28-34-16(3)23(26(37-28)35-19-8-5-17(13-19)9-11-31)27-36-25-22(38-27)10-12-32-24(25)18-6-7-18/h4,10,12,17-19H,1-2,5-9,13-14H2,3H3,(H2,33,34,35,37)/b21-20+. The van der Waals surface area contributed by atoms with Gasteiger partial charge in [-0.1, -0.05) is 13.2 Å². The summed E-state index contributed by atoms with van der Waals surface area (Å²) in [5.74, 6) is -0.0180. The Morgan fingerprint density at radius 1 is 1.24 bits per heavy atom. The number of hydrogen-bond acceptors (Lipinski definition) is 8. The number of nitrogens with zero attached hydrogens (tertiary/aromatic N) is 5. The average molecular weight is 534 g/mol. The van der Waals surface area contributed by atoms with Crippen LogP contribution in [-0.4, -0.2) is 32.5 Å². The van der Waals surface area contributed by atoms with Crippen molar-refractivity contribution in [3.63, 3.8) is 0 Å². The third kappa shape index (κ3) is 5.43. The lowest BCUT2D eigenvalue weighted by molar-refractivity contribution is 0.556. The van der Waals surface area contributed by atoms with Crippen molar-refractivity contribution in [3.8, 4) is 16.6 Å². The average Bonchev–Trinajstić information content (AvgIpc) is 3.49. The summed E-state index contributed by atoms with van der Waals surface area (Å²) in [6.45, 7) is 8.28. The van der Waals surface area contributed by atoms with Crippen LogP contribution in [0.2, 0.25) is 0 Å². The zero-order valence-corrected chi connectivity index (χ0v) is 22.0. The van der Waals surface area contributed by atoms with Crippen molar-refractivity contribution in [3.05, 3.63) is 60.1 Å². The van der Waals surface area contributed by atoms with E-state index in [1.165, 1.54) is 0 Å². The summed E-state index contributed by atoms with van der Waals surface area (Å²) in [6.07, 6.45) is 8.35. The van der Waals surface area contributed by atoms with Crippen LogP contribution in [0.1, 0.15) is 55.8 Å². The summed E-state index contributed by atoms with van der Waals surface area (Å²) in [7, 11) is 0. The molecule has 38 heavy (non-hydrogen) atoms. The van der Waals surface area contributed by atoms with E-state index in [1.54, 1.807) is 11.3 Å². The van der Waals surface area contributed by atoms with E-state index in [1.807, 2.05) is 19.2 Å². The van der Waals surface area contributed by atoms with Gasteiger partial charge in [-0.15, -0.1) is 11.3 Å². The van der Waals surface area contributed by atoms with Crippen molar-refractivity contribution < 1.29 is 8.78 Å². The first-order chi connectivity index (χ1) is 18.4. The molecule has 2 N–H and O–H groups in total. The molecule has 0 bridgehead atoms. The number of thiazole rings is 1. The number of fused-ring (bicyclic) bond motifs is 1. The minimum Gasteiger partial charge on any atom is -0.367 e. The number of nitrogens with one attached hydrogen (secondary N) is 2. The van der Waals surface area contributed by atoms with Gasteiger partial charge in [0.1, 0.15) is 28.0 Å². The van der Waals surface area contributed by atoms with Crippen LogP contribution in [0.3, 0.4) is 0 Å². The topological polar surface area (TPSA) is 99.4 Å². The first kappa shape index (κ1) is 25.9. The highest BCUT2D eigenvalue weighted by molar-refractivity contribution is 7.21. The maximum absolute atomic E-state index is 14.1. The Bertz CT molecular complexity index is 1470. The minimum absolute atomic E-state index is 0.145. The summed E-state index contributed by atoms with van der Waals surface area (Å²) in [5, 5.41) is 16.4. The number of anilines is 2. The predicted molar refractivity (Wildman–Crippen MR) is 147 cm³/mol. The van der Waals surface area contributed by atoms with E-state index in [4.69, 9.17) is 15.2 Å². The molecule has 196 valence electrons. The van der Waals surface area contributed by atoms with Gasteiger partial charge in [0.05, 0.1) is 27.7 Å². The van der Waals surface area contributed by atoms with Crippen LogP contribution in [0.5, 0.6) is 0 Å². The lowest BCUT2D eigenvalue weighted by Gasteiger charge is -2.18. The number of allylic oxidation sites excluding steroid dienone is 2. The van der Waals surface area contributed by atoms with E-state index in [2.05, 4.69) is 39.8 Å². The van der Waals surface area contributed by atoms with E-state index >= 15 is 0 Å². The summed E-state index contributed by atoms with van der Waals surface area (Å²) < 4.78 is 29.0. The molecule has 3 aromatic rings. The van der Waals surface area contributed by atoms with Crippen LogP contribution in [0.25, 0.3) is 20.8 Å². The Balaban J connectivity index is 1.51. The number of hydrogen-bond donors (Lipinski definition) is 2. The highest BCUT2D eigenvalue weighted by atomic mass is 32.1. The van der Waals surface area contributed by atoms with Gasteiger partial charge in [-0.2, -0.15) is 10.2 Å². The number of aromatic nitrogens is 4. The number of aryl methyl sites for hydroxylation is 1. The van der Waals surface area contributed by atoms with Crippen molar-refractivity contribution >= 4 is 33.3 Å². The van der Waals surface area contributed by atoms with Gasteiger partial charge < -0.3 is 10.6 Å². The molecule has 0 saturated heterocycles. The Morgan fingerprint density at radius 2 is 2.05 bits per heavy atom. The summed E-state index contributed by atoms with van der Waals surface area (Å²) in [4.78, 5) is 18.9. The van der Waals surface area contributed by atoms with E-state index in [-0.39, 0.29) is 24.1 Å². The fourth-order valence-corrected chi connectivity index (χ4v) is 6.03. The third-order valence-corrected chi connectivity index (χ3v) is 8.12. The molecular formula is C28H29F2N7S. The number of nitriles is 1. The quantitative estimate of drug-likeness (QED) is 0.267. The zero-order valence-electron chi connectivity index (χ0n) is 21.2. The maximum Gasteiger partial charge on any atom is 0.225 e. The van der Waals surface area contributed by atoms with Crippen molar-refractivity contribution in [1.82, 2.24) is 19.9 Å². The molecule has 3 aromatic heterocycles. The number of pyridine rings is 1. The second-order valence-electron chi connectivity index (χ2n) is 9.86. The van der Waals surface area contributed by atoms with Crippen molar-refractivity contribution in [2.75, 3.05) is 17.2 Å². The summed E-state index contributed by atoms with van der Waals surface area (Å²) in [6, 6.07) is 4.40. The molecule has 2 unspecified atom stereocenters. The molecular weight excluding hydrogens is 504 g/mol. The Labute approximate surface area is 224 Å². The highest BCUT2D eigenvalue weighted by Crippen LogP contribution is 2.44. The van der Waals surface area contributed by atoms with Crippen LogP contribution >= 0.6 is 11.3 Å². The Morgan fingerprint density at radius 3 is 2.76 bits per heavy atom. The molecule has 0 aromatic carbocycles. The molecule has 10 heteroatoms. The first-order valence-corrected chi connectivity index (χ1v) is 13.6. The normalized spacial score (nSPS) is 19.6. The molecule has 0 spiro atoms. The molecule has 5 rings (SSSR count). The number of halogens is 2. The molecule has 2 aliphatic carbocycles. The monoisotopic (exact) mass is 533 g/mol. The van der Waals surface area contributed by atoms with Crippen molar-refractivity contribution in [1.29, 1.82) is 5.26 Å². The Hall–Kier alpha value is -3.71. The van der Waals surface area contributed by atoms with Gasteiger partial charge in [0.15, 0.2) is 0 Å². The molecule has 2 aliphatic rings. The second-order valence-corrected chi connectivity index (χ2v) is 10.9. The predicted octanol–water partition coefficient (Wildman–Crippen LogP) is 7.13. The van der Waals surface area contributed by atoms with Crippen molar-refractivity contribution in [2.24, 2.45) is 5.92 Å². The molecule has 0 radical (unpaired) electrons. The second kappa shape index (κ2) is 11.0. The van der Waals surface area contributed by atoms with Crippen LogP contribution in [0.15, 0.2) is 48.7 Å². The molecule has 2 fully saturated rings. The van der Waals surface area contributed by atoms with Crippen molar-refractivity contribution in [2.45, 2.75) is 57.4 Å². The van der Waals surface area contributed by atoms with Gasteiger partial charge in [-0.25, -0.2) is 18.7 Å². The van der Waals surface area contributed by atoms with Gasteiger partial charge in [0, 0.05) is 36.7 Å². The molecule has 0 amide bonds. The molecule has 7 nitrogen and oxygen atoms in total. The largest absolute Gasteiger partial charge is 0.367 e. The molecule has 2 atom stereocenters. The fraction of sp³-hybridized carbons (Fsp3) is 0.393. The Kier molecular flexibility index (Phi) is 7.47. The minimum atomic E-state index is -0.884. The van der Waals surface area contributed by atoms with Gasteiger partial charge in [0.25, 0.3) is 0 Å². The smallest absolute Gasteiger partial charge is 0.225 e. The fourth-order valence-electron chi connectivity index (χ4n) is 4.96. The highest BCUT2D eigenvalue weighted by Gasteiger charge is 2.30. The molecule has 2 saturated carbocycles. The van der Waals surface area contributed by atoms with Crippen LogP contribution < -0.4 is 10.6 Å². The van der Waals surface area contributed by atoms with Gasteiger partial charge in [-0.3, -0.25) is 4.98 Å². The van der Waals surface area contributed by atoms with Crippen LogP contribution in [0, 0.1) is 24.2 Å². The van der Waals surface area contributed by atoms with E-state index < -0.39 is 11.7 Å². The van der Waals surface area contributed by atoms with Crippen LogP contribution in [0.4, 0.5) is 20.5 Å². The third-order valence-electron chi connectivity index (χ3n) is 7.08. The summed E-state index contributed by atoms with van der Waals surface area (Å²) >= 11 is 1.58. The van der Waals surface area contributed by atoms with Gasteiger partial charge in [-0.05, 0) is 57.1 Å². The van der Waals surface area contributed by atoms with Crippen LogP contribution in [-0.2, 0) is 0 Å². The first-order valence-electron chi connectivity index (χ1n) is 12.8. The van der Waals surface area contributed by atoms with Gasteiger partial charge in [0.2, 0.25) is 5.95 Å². The van der Waals surface area contributed by atoms with E-state index in [9.17, 15) is 8.78 Å². The molecule has 3 heterocycles. The van der Waals surface area contributed by atoms with E-state index in [0.717, 1.165) is 64.7 Å². The maximum atomic E-state index is 14.1.